The van der Waals surface area contributed by atoms with E-state index >= 15 is 0 Å². The number of unbranched alkanes of at least 4 members (excludes halogenated alkanes) is 1. The fourth-order valence-electron chi connectivity index (χ4n) is 3.01. The number of ether oxygens (including phenoxy) is 2. The van der Waals surface area contributed by atoms with Crippen LogP contribution in [0.25, 0.3) is 0 Å². The highest BCUT2D eigenvalue weighted by Crippen LogP contribution is 2.28. The van der Waals surface area contributed by atoms with Crippen LogP contribution in [0.5, 0.6) is 11.5 Å². The zero-order valence-electron chi connectivity index (χ0n) is 17.4. The zero-order valence-corrected chi connectivity index (χ0v) is 17.4. The maximum absolute atomic E-state index is 6.06. The predicted molar refractivity (Wildman–Crippen MR) is 116 cm³/mol. The van der Waals surface area contributed by atoms with Gasteiger partial charge in [-0.2, -0.15) is 0 Å². The van der Waals surface area contributed by atoms with Gasteiger partial charge in [0, 0.05) is 0 Å². The molecule has 0 radical (unpaired) electrons. The van der Waals surface area contributed by atoms with Crippen molar-refractivity contribution in [3.8, 4) is 11.5 Å². The van der Waals surface area contributed by atoms with Gasteiger partial charge in [0.05, 0.1) is 12.8 Å². The second-order valence-corrected chi connectivity index (χ2v) is 6.73. The van der Waals surface area contributed by atoms with Crippen molar-refractivity contribution in [1.29, 1.82) is 0 Å². The third kappa shape index (κ3) is 7.10. The Hall–Kier alpha value is -2.75. The SMILES string of the molecule is C/C=C/COc1cc(C)c(OCCCCc2cccc(/C=N/OC)c2)c(C)c1. The third-order valence-corrected chi connectivity index (χ3v) is 4.38. The van der Waals surface area contributed by atoms with E-state index in [0.717, 1.165) is 47.5 Å². The normalized spacial score (nSPS) is 11.3. The van der Waals surface area contributed by atoms with Gasteiger partial charge in [0.25, 0.3) is 0 Å². The van der Waals surface area contributed by atoms with Gasteiger partial charge in [0.2, 0.25) is 0 Å². The van der Waals surface area contributed by atoms with Crippen molar-refractivity contribution in [2.75, 3.05) is 20.3 Å². The van der Waals surface area contributed by atoms with Crippen LogP contribution in [-0.4, -0.2) is 26.5 Å². The highest BCUT2D eigenvalue weighted by Gasteiger charge is 2.07. The molecule has 0 aliphatic rings. The lowest BCUT2D eigenvalue weighted by molar-refractivity contribution is 0.215. The number of rotatable bonds is 11. The second kappa shape index (κ2) is 11.9. The van der Waals surface area contributed by atoms with Crippen LogP contribution in [0.15, 0.2) is 53.7 Å². The minimum Gasteiger partial charge on any atom is -0.493 e. The van der Waals surface area contributed by atoms with Crippen LogP contribution in [0.1, 0.15) is 42.0 Å². The van der Waals surface area contributed by atoms with Crippen molar-refractivity contribution >= 4 is 6.21 Å². The Morgan fingerprint density at radius 2 is 1.79 bits per heavy atom. The highest BCUT2D eigenvalue weighted by molar-refractivity contribution is 5.79. The topological polar surface area (TPSA) is 40.0 Å². The van der Waals surface area contributed by atoms with Gasteiger partial charge in [0.15, 0.2) is 0 Å². The largest absolute Gasteiger partial charge is 0.493 e. The number of oxime groups is 1. The fourth-order valence-corrected chi connectivity index (χ4v) is 3.01. The van der Waals surface area contributed by atoms with Gasteiger partial charge >= 0.3 is 0 Å². The molecular formula is C24H31NO3. The molecule has 0 heterocycles. The van der Waals surface area contributed by atoms with Gasteiger partial charge in [-0.15, -0.1) is 0 Å². The van der Waals surface area contributed by atoms with Crippen molar-refractivity contribution in [3.63, 3.8) is 0 Å². The highest BCUT2D eigenvalue weighted by atomic mass is 16.6. The summed E-state index contributed by atoms with van der Waals surface area (Å²) in [7, 11) is 1.55. The third-order valence-electron chi connectivity index (χ3n) is 4.38. The van der Waals surface area contributed by atoms with Gasteiger partial charge in [-0.25, -0.2) is 0 Å². The Labute approximate surface area is 168 Å². The molecule has 28 heavy (non-hydrogen) atoms. The number of hydrogen-bond donors (Lipinski definition) is 0. The average Bonchev–Trinajstić information content (AvgIpc) is 2.68. The lowest BCUT2D eigenvalue weighted by atomic mass is 10.1. The van der Waals surface area contributed by atoms with Crippen LogP contribution in [-0.2, 0) is 11.3 Å². The molecule has 2 aromatic carbocycles. The maximum Gasteiger partial charge on any atom is 0.125 e. The van der Waals surface area contributed by atoms with E-state index in [1.807, 2.05) is 37.3 Å². The van der Waals surface area contributed by atoms with E-state index in [9.17, 15) is 0 Å². The van der Waals surface area contributed by atoms with E-state index in [0.29, 0.717) is 13.2 Å². The molecule has 0 fully saturated rings. The smallest absolute Gasteiger partial charge is 0.125 e. The summed E-state index contributed by atoms with van der Waals surface area (Å²) in [6.07, 6.45) is 8.82. The van der Waals surface area contributed by atoms with Crippen LogP contribution >= 0.6 is 0 Å². The molecule has 0 saturated carbocycles. The lowest BCUT2D eigenvalue weighted by Crippen LogP contribution is -2.02. The molecular weight excluding hydrogens is 350 g/mol. The van der Waals surface area contributed by atoms with E-state index in [1.54, 1.807) is 13.3 Å². The molecule has 0 bridgehead atoms. The van der Waals surface area contributed by atoms with E-state index in [-0.39, 0.29) is 0 Å². The number of hydrogen-bond acceptors (Lipinski definition) is 4. The first-order valence-corrected chi connectivity index (χ1v) is 9.77. The Bertz CT molecular complexity index is 773. The van der Waals surface area contributed by atoms with Crippen LogP contribution in [0.3, 0.4) is 0 Å². The van der Waals surface area contributed by atoms with Crippen molar-refractivity contribution < 1.29 is 14.3 Å². The Kier molecular flexibility index (Phi) is 9.13. The number of benzene rings is 2. The first kappa shape index (κ1) is 21.5. The van der Waals surface area contributed by atoms with Crippen molar-refractivity contribution in [2.24, 2.45) is 5.16 Å². The van der Waals surface area contributed by atoms with Gasteiger partial charge in [-0.1, -0.05) is 41.6 Å². The van der Waals surface area contributed by atoms with Gasteiger partial charge in [-0.05, 0) is 74.4 Å². The summed E-state index contributed by atoms with van der Waals surface area (Å²) in [6, 6.07) is 12.4. The summed E-state index contributed by atoms with van der Waals surface area (Å²) in [6.45, 7) is 7.43. The minimum absolute atomic E-state index is 0.591. The monoisotopic (exact) mass is 381 g/mol. The molecule has 150 valence electrons. The van der Waals surface area contributed by atoms with E-state index in [2.05, 4.69) is 37.2 Å². The van der Waals surface area contributed by atoms with Crippen LogP contribution < -0.4 is 9.47 Å². The van der Waals surface area contributed by atoms with Crippen molar-refractivity contribution in [3.05, 3.63) is 70.8 Å². The molecule has 0 aliphatic carbocycles. The van der Waals surface area contributed by atoms with Crippen LogP contribution in [0.4, 0.5) is 0 Å². The molecule has 0 atom stereocenters. The first-order valence-electron chi connectivity index (χ1n) is 9.77. The Morgan fingerprint density at radius 1 is 1.00 bits per heavy atom. The molecule has 0 spiro atoms. The standard InChI is InChI=1S/C24H31NO3/c1-5-6-13-27-23-15-19(2)24(20(3)16-23)28-14-8-7-10-21-11-9-12-22(17-21)18-25-26-4/h5-6,9,11-12,15-18H,7-8,10,13-14H2,1-4H3/b6-5+,25-18+. The van der Waals surface area contributed by atoms with Gasteiger partial charge in [0.1, 0.15) is 25.2 Å². The molecule has 0 amide bonds. The Morgan fingerprint density at radius 3 is 2.50 bits per heavy atom. The van der Waals surface area contributed by atoms with E-state index < -0.39 is 0 Å². The summed E-state index contributed by atoms with van der Waals surface area (Å²) in [4.78, 5) is 4.73. The summed E-state index contributed by atoms with van der Waals surface area (Å²) >= 11 is 0. The predicted octanol–water partition coefficient (Wildman–Crippen LogP) is 5.64. The quantitative estimate of drug-likeness (QED) is 0.219. The van der Waals surface area contributed by atoms with Crippen molar-refractivity contribution in [1.82, 2.24) is 0 Å². The molecule has 4 heteroatoms. The summed E-state index contributed by atoms with van der Waals surface area (Å²) < 4.78 is 11.8. The van der Waals surface area contributed by atoms with E-state index in [1.165, 1.54) is 5.56 Å². The fraction of sp³-hybridized carbons (Fsp3) is 0.375. The average molecular weight is 382 g/mol. The minimum atomic E-state index is 0.591. The summed E-state index contributed by atoms with van der Waals surface area (Å²) in [5.41, 5.74) is 4.58. The molecule has 2 rings (SSSR count). The lowest BCUT2D eigenvalue weighted by Gasteiger charge is -2.14. The summed E-state index contributed by atoms with van der Waals surface area (Å²) in [5.74, 6) is 1.86. The second-order valence-electron chi connectivity index (χ2n) is 6.73. The molecule has 0 saturated heterocycles. The zero-order chi connectivity index (χ0) is 20.2. The molecule has 4 nitrogen and oxygen atoms in total. The number of nitrogens with zero attached hydrogens (tertiary/aromatic N) is 1. The van der Waals surface area contributed by atoms with Crippen molar-refractivity contribution in [2.45, 2.75) is 40.0 Å². The van der Waals surface area contributed by atoms with Gasteiger partial charge in [-0.3, -0.25) is 0 Å². The Balaban J connectivity index is 1.79. The van der Waals surface area contributed by atoms with Crippen LogP contribution in [0, 0.1) is 13.8 Å². The molecule has 0 aromatic heterocycles. The van der Waals surface area contributed by atoms with Crippen LogP contribution in [0.2, 0.25) is 0 Å². The maximum atomic E-state index is 6.06. The van der Waals surface area contributed by atoms with Gasteiger partial charge < -0.3 is 14.3 Å². The summed E-state index contributed by atoms with van der Waals surface area (Å²) in [5, 5.41) is 3.81. The molecule has 0 N–H and O–H groups in total. The molecule has 2 aromatic rings. The first-order chi connectivity index (χ1) is 13.6. The number of aryl methyl sites for hydroxylation is 3. The molecule has 0 aliphatic heterocycles. The number of allylic oxidation sites excluding steroid dienone is 1. The van der Waals surface area contributed by atoms with E-state index in [4.69, 9.17) is 14.3 Å². The molecule has 0 unspecified atom stereocenters.